The van der Waals surface area contributed by atoms with Crippen LogP contribution in [0.1, 0.15) is 43.7 Å². The van der Waals surface area contributed by atoms with Crippen molar-refractivity contribution in [2.45, 2.75) is 38.0 Å². The molecule has 0 aliphatic heterocycles. The lowest BCUT2D eigenvalue weighted by atomic mass is 9.86. The zero-order valence-corrected chi connectivity index (χ0v) is 10.8. The molecule has 19 heavy (non-hydrogen) atoms. The molecule has 2 aromatic rings. The average molecular weight is 259 g/mol. The van der Waals surface area contributed by atoms with Crippen LogP contribution in [0, 0.1) is 5.82 Å². The molecular formula is C15H18FN3. The topological polar surface area (TPSA) is 43.8 Å². The fourth-order valence-corrected chi connectivity index (χ4v) is 2.84. The van der Waals surface area contributed by atoms with E-state index in [2.05, 4.69) is 5.10 Å². The summed E-state index contributed by atoms with van der Waals surface area (Å²) in [7, 11) is 0. The third kappa shape index (κ3) is 2.48. The van der Waals surface area contributed by atoms with Crippen molar-refractivity contribution in [3.8, 4) is 5.69 Å². The number of rotatable bonds is 2. The van der Waals surface area contributed by atoms with Gasteiger partial charge in [0.2, 0.25) is 0 Å². The van der Waals surface area contributed by atoms with Gasteiger partial charge in [0.1, 0.15) is 5.82 Å². The third-order valence-corrected chi connectivity index (χ3v) is 3.84. The molecule has 0 radical (unpaired) electrons. The Morgan fingerprint density at radius 1 is 1.21 bits per heavy atom. The lowest BCUT2D eigenvalue weighted by Gasteiger charge is -2.20. The van der Waals surface area contributed by atoms with Crippen LogP contribution in [-0.4, -0.2) is 9.78 Å². The molecule has 0 bridgehead atoms. The molecule has 1 aromatic carbocycles. The predicted molar refractivity (Wildman–Crippen MR) is 73.8 cm³/mol. The Morgan fingerprint density at radius 2 is 2.00 bits per heavy atom. The highest BCUT2D eigenvalue weighted by molar-refractivity contribution is 5.46. The van der Waals surface area contributed by atoms with E-state index in [4.69, 9.17) is 5.73 Å². The normalized spacial score (nSPS) is 16.7. The van der Waals surface area contributed by atoms with Crippen molar-refractivity contribution < 1.29 is 4.39 Å². The fourth-order valence-electron chi connectivity index (χ4n) is 2.84. The number of benzene rings is 1. The molecule has 1 saturated carbocycles. The minimum atomic E-state index is -0.259. The molecule has 1 aliphatic carbocycles. The van der Waals surface area contributed by atoms with Crippen molar-refractivity contribution in [3.63, 3.8) is 0 Å². The number of aromatic nitrogens is 2. The van der Waals surface area contributed by atoms with Gasteiger partial charge in [-0.2, -0.15) is 5.10 Å². The molecule has 0 unspecified atom stereocenters. The van der Waals surface area contributed by atoms with Crippen LogP contribution in [0.25, 0.3) is 5.69 Å². The van der Waals surface area contributed by atoms with E-state index in [-0.39, 0.29) is 5.82 Å². The number of nitrogen functional groups attached to an aromatic ring is 1. The highest BCUT2D eigenvalue weighted by Crippen LogP contribution is 2.34. The van der Waals surface area contributed by atoms with E-state index in [1.165, 1.54) is 31.4 Å². The van der Waals surface area contributed by atoms with E-state index in [1.807, 2.05) is 6.07 Å². The molecule has 3 rings (SSSR count). The minimum Gasteiger partial charge on any atom is -0.396 e. The summed E-state index contributed by atoms with van der Waals surface area (Å²) in [6.07, 6.45) is 7.91. The Morgan fingerprint density at radius 3 is 2.74 bits per heavy atom. The molecule has 2 N–H and O–H groups in total. The van der Waals surface area contributed by atoms with E-state index in [9.17, 15) is 4.39 Å². The van der Waals surface area contributed by atoms with Crippen molar-refractivity contribution in [2.24, 2.45) is 0 Å². The molecule has 0 spiro atoms. The van der Waals surface area contributed by atoms with Gasteiger partial charge in [-0.25, -0.2) is 9.07 Å². The second-order valence-electron chi connectivity index (χ2n) is 5.23. The first-order valence-corrected chi connectivity index (χ1v) is 6.85. The van der Waals surface area contributed by atoms with Crippen LogP contribution >= 0.6 is 0 Å². The number of nitrogens with two attached hydrogens (primary N) is 1. The quantitative estimate of drug-likeness (QED) is 0.894. The Hall–Kier alpha value is -1.84. The lowest BCUT2D eigenvalue weighted by Crippen LogP contribution is -2.07. The number of hydrogen-bond donors (Lipinski definition) is 1. The summed E-state index contributed by atoms with van der Waals surface area (Å²) in [5, 5.41) is 4.57. The lowest BCUT2D eigenvalue weighted by molar-refractivity contribution is 0.435. The zero-order chi connectivity index (χ0) is 13.2. The molecule has 1 aromatic heterocycles. The van der Waals surface area contributed by atoms with Crippen LogP contribution in [0.3, 0.4) is 0 Å². The first-order valence-electron chi connectivity index (χ1n) is 6.85. The van der Waals surface area contributed by atoms with E-state index in [1.54, 1.807) is 16.9 Å². The molecule has 1 heterocycles. The smallest absolute Gasteiger partial charge is 0.125 e. The van der Waals surface area contributed by atoms with Crippen LogP contribution < -0.4 is 5.73 Å². The molecule has 0 saturated heterocycles. The van der Waals surface area contributed by atoms with Gasteiger partial charge in [-0.15, -0.1) is 0 Å². The van der Waals surface area contributed by atoms with E-state index >= 15 is 0 Å². The monoisotopic (exact) mass is 259 g/mol. The minimum absolute atomic E-state index is 0.259. The summed E-state index contributed by atoms with van der Waals surface area (Å²) in [4.78, 5) is 0. The second kappa shape index (κ2) is 5.03. The summed E-state index contributed by atoms with van der Waals surface area (Å²) in [6.45, 7) is 0. The van der Waals surface area contributed by atoms with Crippen molar-refractivity contribution in [1.29, 1.82) is 0 Å². The highest BCUT2D eigenvalue weighted by Gasteiger charge is 2.21. The molecule has 4 heteroatoms. The van der Waals surface area contributed by atoms with Crippen molar-refractivity contribution >= 4 is 5.69 Å². The van der Waals surface area contributed by atoms with Crippen molar-refractivity contribution in [1.82, 2.24) is 9.78 Å². The highest BCUT2D eigenvalue weighted by atomic mass is 19.1. The van der Waals surface area contributed by atoms with Gasteiger partial charge in [-0.3, -0.25) is 0 Å². The Labute approximate surface area is 112 Å². The van der Waals surface area contributed by atoms with E-state index in [0.717, 1.165) is 24.2 Å². The summed E-state index contributed by atoms with van der Waals surface area (Å²) in [5.74, 6) is 0.203. The van der Waals surface area contributed by atoms with Gasteiger partial charge >= 0.3 is 0 Å². The molecule has 100 valence electrons. The summed E-state index contributed by atoms with van der Waals surface area (Å²) >= 11 is 0. The molecular weight excluding hydrogens is 241 g/mol. The van der Waals surface area contributed by atoms with Crippen LogP contribution in [0.5, 0.6) is 0 Å². The zero-order valence-electron chi connectivity index (χ0n) is 10.8. The van der Waals surface area contributed by atoms with E-state index in [0.29, 0.717) is 11.6 Å². The Bertz CT molecular complexity index is 571. The van der Waals surface area contributed by atoms with Crippen molar-refractivity contribution in [2.75, 3.05) is 5.73 Å². The Kier molecular flexibility index (Phi) is 3.23. The first-order chi connectivity index (χ1) is 9.24. The van der Waals surface area contributed by atoms with Gasteiger partial charge in [0.25, 0.3) is 0 Å². The largest absolute Gasteiger partial charge is 0.396 e. The SMILES string of the molecule is Nc1cn(-c2cccc(F)c2)nc1C1CCCCC1. The number of halogens is 1. The predicted octanol–water partition coefficient (Wildman–Crippen LogP) is 3.64. The average Bonchev–Trinajstić information content (AvgIpc) is 2.82. The summed E-state index contributed by atoms with van der Waals surface area (Å²) in [5.41, 5.74) is 8.48. The van der Waals surface area contributed by atoms with Gasteiger partial charge in [0.15, 0.2) is 0 Å². The number of hydrogen-bond acceptors (Lipinski definition) is 2. The maximum absolute atomic E-state index is 13.2. The van der Waals surface area contributed by atoms with Crippen LogP contribution in [0.2, 0.25) is 0 Å². The summed E-state index contributed by atoms with van der Waals surface area (Å²) in [6, 6.07) is 6.42. The van der Waals surface area contributed by atoms with Crippen LogP contribution in [0.4, 0.5) is 10.1 Å². The van der Waals surface area contributed by atoms with Crippen molar-refractivity contribution in [3.05, 3.63) is 42.0 Å². The number of nitrogens with zero attached hydrogens (tertiary/aromatic N) is 2. The number of anilines is 1. The molecule has 0 atom stereocenters. The van der Waals surface area contributed by atoms with Gasteiger partial charge in [-0.1, -0.05) is 25.3 Å². The summed E-state index contributed by atoms with van der Waals surface area (Å²) < 4.78 is 14.9. The maximum Gasteiger partial charge on any atom is 0.125 e. The molecule has 1 aliphatic rings. The standard InChI is InChI=1S/C15H18FN3/c16-12-7-4-8-13(9-12)19-10-14(17)15(18-19)11-5-2-1-3-6-11/h4,7-11H,1-3,5-6,17H2. The maximum atomic E-state index is 13.2. The third-order valence-electron chi connectivity index (χ3n) is 3.84. The Balaban J connectivity index is 1.92. The second-order valence-corrected chi connectivity index (χ2v) is 5.23. The first kappa shape index (κ1) is 12.2. The molecule has 0 amide bonds. The van der Waals surface area contributed by atoms with Gasteiger partial charge in [0.05, 0.1) is 23.3 Å². The van der Waals surface area contributed by atoms with Gasteiger partial charge < -0.3 is 5.73 Å². The van der Waals surface area contributed by atoms with Gasteiger partial charge in [0, 0.05) is 5.92 Å². The molecule has 3 nitrogen and oxygen atoms in total. The fraction of sp³-hybridized carbons (Fsp3) is 0.400. The van der Waals surface area contributed by atoms with Crippen LogP contribution in [0.15, 0.2) is 30.5 Å². The van der Waals surface area contributed by atoms with Gasteiger partial charge in [-0.05, 0) is 31.0 Å². The van der Waals surface area contributed by atoms with Crippen LogP contribution in [-0.2, 0) is 0 Å². The molecule has 1 fully saturated rings. The van der Waals surface area contributed by atoms with E-state index < -0.39 is 0 Å².